The molecule has 0 spiro atoms. The van der Waals surface area contributed by atoms with Gasteiger partial charge < -0.3 is 20.2 Å². The van der Waals surface area contributed by atoms with E-state index in [1.54, 1.807) is 48.1 Å². The zero-order valence-electron chi connectivity index (χ0n) is 22.7. The fourth-order valence-corrected chi connectivity index (χ4v) is 5.47. The first-order chi connectivity index (χ1) is 20.1. The number of carbonyl (C=O) groups excluding carboxylic acids is 3. The third-order valence-electron chi connectivity index (χ3n) is 6.59. The molecule has 0 aliphatic heterocycles. The number of pyridine rings is 1. The standard InChI is InChI=1S/C29H25F2N5O5S/c1-4-36-14(2)20(12-33-36)19-11-21(26(30)31)34-29-23(19)24(25(42-29)27(32)38)35-28(39)22-10-9-18(41-22)13-40-17-7-5-16(6-8-17)15(3)37/h5-12,26H,4,13H2,1-3H3,(H2,32,38)(H,35,39). The summed E-state index contributed by atoms with van der Waals surface area (Å²) in [4.78, 5) is 41.3. The number of amides is 2. The summed E-state index contributed by atoms with van der Waals surface area (Å²) in [6.45, 7) is 5.71. The molecule has 0 aliphatic carbocycles. The van der Waals surface area contributed by atoms with Crippen molar-refractivity contribution in [2.75, 3.05) is 5.32 Å². The number of alkyl halides is 2. The summed E-state index contributed by atoms with van der Waals surface area (Å²) < 4.78 is 40.7. The second-order valence-electron chi connectivity index (χ2n) is 9.29. The lowest BCUT2D eigenvalue weighted by Gasteiger charge is -2.10. The van der Waals surface area contributed by atoms with Crippen molar-refractivity contribution in [3.05, 3.63) is 82.0 Å². The van der Waals surface area contributed by atoms with Crippen LogP contribution in [0.4, 0.5) is 14.5 Å². The summed E-state index contributed by atoms with van der Waals surface area (Å²) in [6, 6.07) is 10.8. The number of ether oxygens (including phenoxy) is 1. The van der Waals surface area contributed by atoms with Crippen molar-refractivity contribution in [1.29, 1.82) is 0 Å². The molecule has 10 nitrogen and oxygen atoms in total. The van der Waals surface area contributed by atoms with Crippen LogP contribution in [-0.2, 0) is 13.2 Å². The highest BCUT2D eigenvalue weighted by Gasteiger charge is 2.27. The van der Waals surface area contributed by atoms with Gasteiger partial charge in [0.1, 0.15) is 33.5 Å². The van der Waals surface area contributed by atoms with Gasteiger partial charge in [0, 0.05) is 28.8 Å². The molecule has 0 aliphatic rings. The Bertz CT molecular complexity index is 1820. The molecular weight excluding hydrogens is 568 g/mol. The third kappa shape index (κ3) is 5.50. The minimum atomic E-state index is -2.87. The average Bonchev–Trinajstić information content (AvgIpc) is 3.68. The maximum absolute atomic E-state index is 13.8. The molecule has 0 unspecified atom stereocenters. The first kappa shape index (κ1) is 28.6. The van der Waals surface area contributed by atoms with Crippen molar-refractivity contribution < 1.29 is 32.3 Å². The molecule has 2 amide bonds. The number of primary amides is 1. The van der Waals surface area contributed by atoms with Gasteiger partial charge in [-0.05, 0) is 68.8 Å². The molecule has 0 fully saturated rings. The number of rotatable bonds is 10. The summed E-state index contributed by atoms with van der Waals surface area (Å²) in [7, 11) is 0. The molecule has 13 heteroatoms. The minimum Gasteiger partial charge on any atom is -0.486 e. The van der Waals surface area contributed by atoms with Crippen molar-refractivity contribution in [2.24, 2.45) is 5.73 Å². The topological polar surface area (TPSA) is 142 Å². The van der Waals surface area contributed by atoms with E-state index < -0.39 is 23.9 Å². The van der Waals surface area contributed by atoms with E-state index >= 15 is 0 Å². The number of hydrogen-bond donors (Lipinski definition) is 2. The molecule has 216 valence electrons. The average molecular weight is 594 g/mol. The van der Waals surface area contributed by atoms with Crippen LogP contribution in [0.1, 0.15) is 68.0 Å². The van der Waals surface area contributed by atoms with Gasteiger partial charge in [-0.25, -0.2) is 13.8 Å². The largest absolute Gasteiger partial charge is 0.486 e. The maximum atomic E-state index is 13.8. The van der Waals surface area contributed by atoms with E-state index in [4.69, 9.17) is 14.9 Å². The van der Waals surface area contributed by atoms with E-state index in [9.17, 15) is 23.2 Å². The van der Waals surface area contributed by atoms with Crippen molar-refractivity contribution in [3.8, 4) is 16.9 Å². The number of halogens is 2. The molecule has 4 heterocycles. The van der Waals surface area contributed by atoms with Crippen molar-refractivity contribution in [2.45, 2.75) is 40.3 Å². The Balaban J connectivity index is 1.47. The minimum absolute atomic E-state index is 0.00574. The number of Topliss-reactive ketones (excluding diaryl/α,β-unsaturated/α-hetero) is 1. The maximum Gasteiger partial charge on any atom is 0.291 e. The summed E-state index contributed by atoms with van der Waals surface area (Å²) >= 11 is 0.809. The van der Waals surface area contributed by atoms with Gasteiger partial charge in [0.15, 0.2) is 11.5 Å². The number of ketones is 1. The van der Waals surface area contributed by atoms with E-state index in [0.717, 1.165) is 11.3 Å². The fraction of sp³-hybridized carbons (Fsp3) is 0.207. The lowest BCUT2D eigenvalue weighted by molar-refractivity contribution is 0.0990. The summed E-state index contributed by atoms with van der Waals surface area (Å²) in [5.74, 6) is -0.855. The van der Waals surface area contributed by atoms with Gasteiger partial charge >= 0.3 is 0 Å². The fourth-order valence-electron chi connectivity index (χ4n) is 4.46. The number of thiophene rings is 1. The zero-order chi connectivity index (χ0) is 30.1. The number of fused-ring (bicyclic) bond motifs is 1. The Morgan fingerprint density at radius 1 is 1.14 bits per heavy atom. The van der Waals surface area contributed by atoms with Crippen LogP contribution in [0.25, 0.3) is 21.3 Å². The second kappa shape index (κ2) is 11.5. The van der Waals surface area contributed by atoms with Gasteiger partial charge in [-0.2, -0.15) is 5.10 Å². The zero-order valence-corrected chi connectivity index (χ0v) is 23.6. The lowest BCUT2D eigenvalue weighted by Crippen LogP contribution is -2.16. The highest BCUT2D eigenvalue weighted by Crippen LogP contribution is 2.43. The van der Waals surface area contributed by atoms with E-state index in [2.05, 4.69) is 15.4 Å². The lowest BCUT2D eigenvalue weighted by atomic mass is 10.0. The van der Waals surface area contributed by atoms with Gasteiger partial charge in [-0.1, -0.05) is 0 Å². The molecule has 5 aromatic rings. The quantitative estimate of drug-likeness (QED) is 0.185. The van der Waals surface area contributed by atoms with Crippen LogP contribution < -0.4 is 15.8 Å². The Hall–Kier alpha value is -4.91. The van der Waals surface area contributed by atoms with Crippen LogP contribution in [0.2, 0.25) is 0 Å². The second-order valence-corrected chi connectivity index (χ2v) is 10.3. The third-order valence-corrected chi connectivity index (χ3v) is 7.69. The number of carbonyl (C=O) groups is 3. The number of furan rings is 1. The molecule has 0 bridgehead atoms. The number of aromatic nitrogens is 3. The first-order valence-corrected chi connectivity index (χ1v) is 13.6. The molecule has 1 aromatic carbocycles. The van der Waals surface area contributed by atoms with E-state index in [-0.39, 0.29) is 38.9 Å². The molecule has 5 rings (SSSR count). The summed E-state index contributed by atoms with van der Waals surface area (Å²) in [5.41, 5.74) is 7.32. The molecule has 0 radical (unpaired) electrons. The summed E-state index contributed by atoms with van der Waals surface area (Å²) in [6.07, 6.45) is -1.33. The van der Waals surface area contributed by atoms with Crippen LogP contribution in [-0.4, -0.2) is 32.4 Å². The SMILES string of the molecule is CCn1ncc(-c2cc(C(F)F)nc3sc(C(N)=O)c(NC(=O)c4ccc(COc5ccc(C(C)=O)cc5)o4)c23)c1C. The Morgan fingerprint density at radius 3 is 2.50 bits per heavy atom. The smallest absolute Gasteiger partial charge is 0.291 e. The number of aryl methyl sites for hydroxylation is 1. The van der Waals surface area contributed by atoms with Crippen LogP contribution in [0.15, 0.2) is 53.1 Å². The van der Waals surface area contributed by atoms with Gasteiger partial charge in [-0.15, -0.1) is 11.3 Å². The number of nitrogens with one attached hydrogen (secondary N) is 1. The molecule has 4 aromatic heterocycles. The van der Waals surface area contributed by atoms with Crippen molar-refractivity contribution in [3.63, 3.8) is 0 Å². The van der Waals surface area contributed by atoms with Crippen LogP contribution in [0.5, 0.6) is 5.75 Å². The van der Waals surface area contributed by atoms with E-state index in [1.165, 1.54) is 19.1 Å². The first-order valence-electron chi connectivity index (χ1n) is 12.8. The van der Waals surface area contributed by atoms with Gasteiger partial charge in [0.25, 0.3) is 18.2 Å². The number of benzene rings is 1. The predicted octanol–water partition coefficient (Wildman–Crippen LogP) is 6.15. The number of nitrogens with two attached hydrogens (primary N) is 1. The molecule has 0 saturated carbocycles. The van der Waals surface area contributed by atoms with E-state index in [0.29, 0.717) is 40.4 Å². The predicted molar refractivity (Wildman–Crippen MR) is 152 cm³/mol. The Morgan fingerprint density at radius 2 is 1.88 bits per heavy atom. The molecule has 0 saturated heterocycles. The van der Waals surface area contributed by atoms with Crippen molar-refractivity contribution >= 4 is 44.8 Å². The van der Waals surface area contributed by atoms with E-state index in [1.807, 2.05) is 6.92 Å². The van der Waals surface area contributed by atoms with Gasteiger partial charge in [-0.3, -0.25) is 19.1 Å². The van der Waals surface area contributed by atoms with Crippen molar-refractivity contribution in [1.82, 2.24) is 14.8 Å². The highest BCUT2D eigenvalue weighted by molar-refractivity contribution is 7.21. The normalized spacial score (nSPS) is 11.3. The number of anilines is 1. The van der Waals surface area contributed by atoms with Crippen LogP contribution >= 0.6 is 11.3 Å². The molecule has 3 N–H and O–H groups in total. The van der Waals surface area contributed by atoms with Gasteiger partial charge in [0.2, 0.25) is 0 Å². The molecule has 42 heavy (non-hydrogen) atoms. The Kier molecular flexibility index (Phi) is 7.85. The highest BCUT2D eigenvalue weighted by atomic mass is 32.1. The molecule has 0 atom stereocenters. The summed E-state index contributed by atoms with van der Waals surface area (Å²) in [5, 5.41) is 7.29. The number of hydrogen-bond acceptors (Lipinski definition) is 8. The monoisotopic (exact) mass is 593 g/mol. The molecular formula is C29H25F2N5O5S. The Labute approximate surface area is 242 Å². The van der Waals surface area contributed by atoms with Crippen LogP contribution in [0, 0.1) is 6.92 Å². The number of nitrogens with zero attached hydrogens (tertiary/aromatic N) is 3. The van der Waals surface area contributed by atoms with Crippen LogP contribution in [0.3, 0.4) is 0 Å². The van der Waals surface area contributed by atoms with Gasteiger partial charge in [0.05, 0.1) is 11.9 Å².